The Kier molecular flexibility index (Phi) is 8.46. The summed E-state index contributed by atoms with van der Waals surface area (Å²) in [5.74, 6) is 0. The lowest BCUT2D eigenvalue weighted by atomic mass is 9.91. The lowest BCUT2D eigenvalue weighted by Crippen LogP contribution is -2.12. The third-order valence-corrected chi connectivity index (χ3v) is 12.0. The van der Waals surface area contributed by atoms with Crippen molar-refractivity contribution in [2.45, 2.75) is 0 Å². The summed E-state index contributed by atoms with van der Waals surface area (Å²) in [4.78, 5) is 4.71. The predicted octanol–water partition coefficient (Wildman–Crippen LogP) is 16.9. The van der Waals surface area contributed by atoms with Gasteiger partial charge < -0.3 is 18.6 Å². The van der Waals surface area contributed by atoms with Crippen LogP contribution in [-0.4, -0.2) is 0 Å². The standard InChI is InChI=1S/C58H38N2O2/c1-5-19-39(20-6-1)49-37-44(59(42-23-9-3-10-24-42)52-31-17-29-47-45-27-13-15-33-55(45)61-57(47)52)35-41-36-54(51(38-50(41)49)40-21-7-2-8-22-40)60(43-25-11-4-12-26-43)53-32-18-30-48-46-28-14-16-34-56(46)62-58(48)53/h1-38H. The van der Waals surface area contributed by atoms with Crippen molar-refractivity contribution in [3.8, 4) is 22.3 Å². The van der Waals surface area contributed by atoms with Gasteiger partial charge in [-0.05, 0) is 100 Å². The van der Waals surface area contributed by atoms with Crippen LogP contribution >= 0.6 is 0 Å². The first kappa shape index (κ1) is 35.6. The highest BCUT2D eigenvalue weighted by atomic mass is 16.3. The maximum absolute atomic E-state index is 6.77. The van der Waals surface area contributed by atoms with Crippen molar-refractivity contribution < 1.29 is 8.83 Å². The molecule has 0 aliphatic carbocycles. The average molecular weight is 795 g/mol. The highest BCUT2D eigenvalue weighted by molar-refractivity contribution is 6.14. The fourth-order valence-corrected chi connectivity index (χ4v) is 9.21. The van der Waals surface area contributed by atoms with E-state index in [-0.39, 0.29) is 0 Å². The molecule has 4 heteroatoms. The van der Waals surface area contributed by atoms with Crippen molar-refractivity contribution in [1.82, 2.24) is 0 Å². The van der Waals surface area contributed by atoms with E-state index in [9.17, 15) is 0 Å². The minimum atomic E-state index is 0.838. The summed E-state index contributed by atoms with van der Waals surface area (Å²) in [5, 5.41) is 6.58. The molecule has 4 nitrogen and oxygen atoms in total. The van der Waals surface area contributed by atoms with Crippen LogP contribution in [0.4, 0.5) is 34.1 Å². The fourth-order valence-electron chi connectivity index (χ4n) is 9.21. The lowest BCUT2D eigenvalue weighted by molar-refractivity contribution is 0.668. The number of fused-ring (bicyclic) bond motifs is 7. The van der Waals surface area contributed by atoms with E-state index in [1.807, 2.05) is 24.3 Å². The third kappa shape index (κ3) is 5.92. The Morgan fingerprint density at radius 2 is 0.726 bits per heavy atom. The van der Waals surface area contributed by atoms with Gasteiger partial charge in [-0.15, -0.1) is 0 Å². The first-order valence-electron chi connectivity index (χ1n) is 21.0. The van der Waals surface area contributed by atoms with E-state index in [1.54, 1.807) is 0 Å². The number of furan rings is 2. The summed E-state index contributed by atoms with van der Waals surface area (Å²) < 4.78 is 13.5. The molecule has 2 heterocycles. The summed E-state index contributed by atoms with van der Waals surface area (Å²) in [5.41, 5.74) is 13.9. The molecule has 0 aliphatic rings. The van der Waals surface area contributed by atoms with Crippen LogP contribution in [0.5, 0.6) is 0 Å². The molecule has 0 N–H and O–H groups in total. The Balaban J connectivity index is 1.18. The van der Waals surface area contributed by atoms with Crippen molar-refractivity contribution in [3.05, 3.63) is 231 Å². The Morgan fingerprint density at radius 1 is 0.274 bits per heavy atom. The van der Waals surface area contributed by atoms with E-state index in [0.717, 1.165) is 111 Å². The Morgan fingerprint density at radius 3 is 1.29 bits per heavy atom. The van der Waals surface area contributed by atoms with Gasteiger partial charge in [0.05, 0.1) is 17.1 Å². The van der Waals surface area contributed by atoms with Crippen LogP contribution in [0.1, 0.15) is 0 Å². The summed E-state index contributed by atoms with van der Waals surface area (Å²) in [6, 6.07) is 81.6. The van der Waals surface area contributed by atoms with Gasteiger partial charge in [-0.3, -0.25) is 0 Å². The van der Waals surface area contributed by atoms with Gasteiger partial charge in [0, 0.05) is 44.2 Å². The van der Waals surface area contributed by atoms with Crippen molar-refractivity contribution >= 4 is 88.8 Å². The van der Waals surface area contributed by atoms with Crippen LogP contribution in [0.25, 0.3) is 76.9 Å². The van der Waals surface area contributed by atoms with E-state index < -0.39 is 0 Å². The molecule has 0 spiro atoms. The van der Waals surface area contributed by atoms with Crippen LogP contribution in [-0.2, 0) is 0 Å². The Labute approximate surface area is 358 Å². The second-order valence-corrected chi connectivity index (χ2v) is 15.7. The molecule has 0 amide bonds. The fraction of sp³-hybridized carbons (Fsp3) is 0. The summed E-state index contributed by atoms with van der Waals surface area (Å²) in [6.45, 7) is 0. The van der Waals surface area contributed by atoms with E-state index in [1.165, 1.54) is 0 Å². The zero-order valence-corrected chi connectivity index (χ0v) is 33.7. The summed E-state index contributed by atoms with van der Waals surface area (Å²) >= 11 is 0. The predicted molar refractivity (Wildman–Crippen MR) is 259 cm³/mol. The van der Waals surface area contributed by atoms with Crippen LogP contribution in [0.15, 0.2) is 239 Å². The second-order valence-electron chi connectivity index (χ2n) is 15.7. The number of nitrogens with zero attached hydrogens (tertiary/aromatic N) is 2. The van der Waals surface area contributed by atoms with Crippen molar-refractivity contribution in [2.75, 3.05) is 9.80 Å². The molecule has 12 aromatic rings. The molecule has 12 rings (SSSR count). The smallest absolute Gasteiger partial charge is 0.159 e. The number of rotatable bonds is 8. The van der Waals surface area contributed by atoms with Crippen LogP contribution < -0.4 is 9.80 Å². The van der Waals surface area contributed by atoms with Crippen LogP contribution in [0.2, 0.25) is 0 Å². The molecule has 292 valence electrons. The zero-order chi connectivity index (χ0) is 41.0. The largest absolute Gasteiger partial charge is 0.454 e. The molecular weight excluding hydrogens is 757 g/mol. The van der Waals surface area contributed by atoms with Gasteiger partial charge in [0.1, 0.15) is 11.2 Å². The normalized spacial score (nSPS) is 11.5. The number of hydrogen-bond donors (Lipinski definition) is 0. The SMILES string of the molecule is c1ccc(-c2cc3c(-c4ccccc4)cc(N(c4ccccc4)c4cccc5c4oc4ccccc45)cc3cc2N(c2ccccc2)c2cccc3c2oc2ccccc23)cc1. The molecule has 0 radical (unpaired) electrons. The highest BCUT2D eigenvalue weighted by Crippen LogP contribution is 2.50. The molecule has 0 fully saturated rings. The molecule has 0 saturated heterocycles. The monoisotopic (exact) mass is 794 g/mol. The molecular formula is C58H38N2O2. The van der Waals surface area contributed by atoms with Crippen molar-refractivity contribution in [2.24, 2.45) is 0 Å². The summed E-state index contributed by atoms with van der Waals surface area (Å²) in [6.07, 6.45) is 0. The molecule has 0 atom stereocenters. The first-order chi connectivity index (χ1) is 30.8. The Bertz CT molecular complexity index is 3580. The van der Waals surface area contributed by atoms with Crippen LogP contribution in [0.3, 0.4) is 0 Å². The molecule has 0 bridgehead atoms. The van der Waals surface area contributed by atoms with Crippen molar-refractivity contribution in [3.63, 3.8) is 0 Å². The van der Waals surface area contributed by atoms with Crippen molar-refractivity contribution in [1.29, 1.82) is 0 Å². The molecule has 62 heavy (non-hydrogen) atoms. The topological polar surface area (TPSA) is 32.8 Å². The molecule has 0 saturated carbocycles. The van der Waals surface area contributed by atoms with Gasteiger partial charge in [0.2, 0.25) is 0 Å². The number of anilines is 6. The third-order valence-electron chi connectivity index (χ3n) is 12.0. The lowest BCUT2D eigenvalue weighted by Gasteiger charge is -2.30. The minimum absolute atomic E-state index is 0.838. The number of hydrogen-bond acceptors (Lipinski definition) is 4. The molecule has 0 unspecified atom stereocenters. The minimum Gasteiger partial charge on any atom is -0.454 e. The maximum Gasteiger partial charge on any atom is 0.159 e. The van der Waals surface area contributed by atoms with Gasteiger partial charge in [0.25, 0.3) is 0 Å². The van der Waals surface area contributed by atoms with E-state index in [4.69, 9.17) is 8.83 Å². The molecule has 10 aromatic carbocycles. The maximum atomic E-state index is 6.77. The number of para-hydroxylation sites is 6. The Hall–Kier alpha value is -8.34. The van der Waals surface area contributed by atoms with E-state index in [0.29, 0.717) is 0 Å². The van der Waals surface area contributed by atoms with Gasteiger partial charge >= 0.3 is 0 Å². The van der Waals surface area contributed by atoms with Gasteiger partial charge in [0.15, 0.2) is 11.2 Å². The first-order valence-corrected chi connectivity index (χ1v) is 21.0. The molecule has 2 aromatic heterocycles. The van der Waals surface area contributed by atoms with E-state index in [2.05, 4.69) is 216 Å². The second kappa shape index (κ2) is 14.7. The zero-order valence-electron chi connectivity index (χ0n) is 33.7. The highest BCUT2D eigenvalue weighted by Gasteiger charge is 2.25. The van der Waals surface area contributed by atoms with Gasteiger partial charge in [-0.1, -0.05) is 158 Å². The van der Waals surface area contributed by atoms with Crippen LogP contribution in [0, 0.1) is 0 Å². The van der Waals surface area contributed by atoms with Gasteiger partial charge in [-0.25, -0.2) is 0 Å². The molecule has 0 aliphatic heterocycles. The average Bonchev–Trinajstić information content (AvgIpc) is 3.92. The van der Waals surface area contributed by atoms with E-state index >= 15 is 0 Å². The van der Waals surface area contributed by atoms with Gasteiger partial charge in [-0.2, -0.15) is 0 Å². The number of benzene rings is 10. The summed E-state index contributed by atoms with van der Waals surface area (Å²) in [7, 11) is 0. The quantitative estimate of drug-likeness (QED) is 0.153.